The maximum atomic E-state index is 11.9. The molecule has 0 aliphatic carbocycles. The molecule has 1 saturated heterocycles. The molecule has 1 aliphatic heterocycles. The van der Waals surface area contributed by atoms with E-state index in [0.29, 0.717) is 0 Å². The Morgan fingerprint density at radius 2 is 1.94 bits per heavy atom. The minimum Gasteiger partial charge on any atom is -0.425 e. The van der Waals surface area contributed by atoms with Gasteiger partial charge in [-0.05, 0) is 30.8 Å². The van der Waals surface area contributed by atoms with Crippen LogP contribution < -0.4 is 0 Å². The van der Waals surface area contributed by atoms with Gasteiger partial charge in [0.05, 0.1) is 0 Å². The number of hydrogen-bond donors (Lipinski definition) is 0. The van der Waals surface area contributed by atoms with Crippen molar-refractivity contribution in [3.05, 3.63) is 41.2 Å². The van der Waals surface area contributed by atoms with E-state index >= 15 is 0 Å². The van der Waals surface area contributed by atoms with Crippen LogP contribution in [0.2, 0.25) is 0 Å². The number of hydrogen-bond acceptors (Lipinski definition) is 4. The first kappa shape index (κ1) is 12.4. The lowest BCUT2D eigenvalue weighted by Gasteiger charge is -2.04. The molecule has 4 nitrogen and oxygen atoms in total. The summed E-state index contributed by atoms with van der Waals surface area (Å²) in [4.78, 5) is 23.9. The Labute approximate surface area is 110 Å². The van der Waals surface area contributed by atoms with E-state index in [2.05, 4.69) is 0 Å². The molecule has 0 saturated carbocycles. The van der Waals surface area contributed by atoms with Crippen LogP contribution in [0, 0.1) is 6.92 Å². The number of carbonyl (C=O) groups is 2. The minimum absolute atomic E-state index is 0.0686. The second-order valence-electron chi connectivity index (χ2n) is 3.95. The second-order valence-corrected chi connectivity index (χ2v) is 4.30. The molecule has 1 aliphatic rings. The predicted octanol–water partition coefficient (Wildman–Crippen LogP) is 2.03. The van der Waals surface area contributed by atoms with Gasteiger partial charge in [-0.2, -0.15) is 0 Å². The van der Waals surface area contributed by atoms with Gasteiger partial charge in [-0.1, -0.05) is 29.8 Å². The first-order chi connectivity index (χ1) is 8.49. The molecule has 1 fully saturated rings. The maximum absolute atomic E-state index is 11.9. The Morgan fingerprint density at radius 3 is 2.44 bits per heavy atom. The largest absolute Gasteiger partial charge is 0.425 e. The van der Waals surface area contributed by atoms with Crippen LogP contribution >= 0.6 is 12.2 Å². The van der Waals surface area contributed by atoms with Gasteiger partial charge in [0.15, 0.2) is 5.76 Å². The topological polar surface area (TPSA) is 46.6 Å². The lowest BCUT2D eigenvalue weighted by Crippen LogP contribution is -2.32. The fourth-order valence-corrected chi connectivity index (χ4v) is 1.85. The molecule has 2 amide bonds. The van der Waals surface area contributed by atoms with Crippen molar-refractivity contribution in [2.75, 3.05) is 0 Å². The van der Waals surface area contributed by atoms with Crippen LogP contribution in [0.25, 0.3) is 6.08 Å². The van der Waals surface area contributed by atoms with Gasteiger partial charge >= 0.3 is 5.91 Å². The van der Waals surface area contributed by atoms with Crippen LogP contribution in [0.3, 0.4) is 0 Å². The number of benzene rings is 1. The lowest BCUT2D eigenvalue weighted by atomic mass is 10.1. The van der Waals surface area contributed by atoms with E-state index in [1.54, 1.807) is 6.08 Å². The van der Waals surface area contributed by atoms with E-state index in [4.69, 9.17) is 17.0 Å². The van der Waals surface area contributed by atoms with Crippen LogP contribution in [-0.2, 0) is 14.3 Å². The van der Waals surface area contributed by atoms with Gasteiger partial charge in [-0.3, -0.25) is 9.59 Å². The summed E-state index contributed by atoms with van der Waals surface area (Å²) in [5.41, 5.74) is 1.94. The van der Waals surface area contributed by atoms with Gasteiger partial charge in [-0.15, -0.1) is 0 Å². The van der Waals surface area contributed by atoms with E-state index in [1.165, 1.54) is 6.92 Å². The van der Waals surface area contributed by atoms with E-state index in [0.717, 1.165) is 16.0 Å². The van der Waals surface area contributed by atoms with Gasteiger partial charge in [0.2, 0.25) is 5.91 Å². The molecule has 0 N–H and O–H groups in total. The van der Waals surface area contributed by atoms with Gasteiger partial charge < -0.3 is 4.74 Å². The van der Waals surface area contributed by atoms with Crippen LogP contribution in [0.4, 0.5) is 0 Å². The quantitative estimate of drug-likeness (QED) is 0.573. The number of thiocarbonyl (C=S) groups is 1. The van der Waals surface area contributed by atoms with Gasteiger partial charge in [0.1, 0.15) is 0 Å². The first-order valence-corrected chi connectivity index (χ1v) is 5.75. The van der Waals surface area contributed by atoms with E-state index in [1.807, 2.05) is 31.2 Å². The molecular formula is C13H11NO3S. The Morgan fingerprint density at radius 1 is 1.33 bits per heavy atom. The highest BCUT2D eigenvalue weighted by Crippen LogP contribution is 2.20. The third kappa shape index (κ3) is 2.31. The third-order valence-electron chi connectivity index (χ3n) is 2.48. The number of aryl methyl sites for hydroxylation is 1. The van der Waals surface area contributed by atoms with Gasteiger partial charge in [0, 0.05) is 6.92 Å². The van der Waals surface area contributed by atoms with Crippen molar-refractivity contribution < 1.29 is 14.3 Å². The zero-order chi connectivity index (χ0) is 13.3. The van der Waals surface area contributed by atoms with Crippen molar-refractivity contribution in [3.63, 3.8) is 0 Å². The molecule has 5 heteroatoms. The molecule has 1 aromatic rings. The number of nitrogens with zero attached hydrogens (tertiary/aromatic N) is 1. The average Bonchev–Trinajstić information content (AvgIpc) is 2.57. The summed E-state index contributed by atoms with van der Waals surface area (Å²) >= 11 is 4.83. The Kier molecular flexibility index (Phi) is 3.25. The SMILES string of the molecule is CC(=O)N1C(=O)/C(=C\c2ccc(C)cc2)OC1=S. The minimum atomic E-state index is -0.520. The fraction of sp³-hybridized carbons (Fsp3) is 0.154. The van der Waals surface area contributed by atoms with Crippen molar-refractivity contribution in [1.82, 2.24) is 4.90 Å². The Hall–Kier alpha value is -2.01. The monoisotopic (exact) mass is 261 g/mol. The second kappa shape index (κ2) is 4.70. The summed E-state index contributed by atoms with van der Waals surface area (Å²) in [6.07, 6.45) is 1.57. The highest BCUT2D eigenvalue weighted by molar-refractivity contribution is 7.80. The smallest absolute Gasteiger partial charge is 0.303 e. The zero-order valence-corrected chi connectivity index (χ0v) is 10.8. The summed E-state index contributed by atoms with van der Waals surface area (Å²) in [6.45, 7) is 3.24. The number of rotatable bonds is 1. The zero-order valence-electron chi connectivity index (χ0n) is 9.97. The number of amides is 2. The molecule has 92 valence electrons. The molecule has 1 heterocycles. The molecule has 2 rings (SSSR count). The number of carbonyl (C=O) groups excluding carboxylic acids is 2. The highest BCUT2D eigenvalue weighted by Gasteiger charge is 2.36. The standard InChI is InChI=1S/C13H11NO3S/c1-8-3-5-10(6-4-8)7-11-12(16)14(9(2)15)13(18)17-11/h3-7H,1-2H3/b11-7+. The Balaban J connectivity index is 2.30. The summed E-state index contributed by atoms with van der Waals surface area (Å²) in [6, 6.07) is 7.57. The summed E-state index contributed by atoms with van der Waals surface area (Å²) in [7, 11) is 0. The van der Waals surface area contributed by atoms with E-state index in [-0.39, 0.29) is 10.9 Å². The molecule has 18 heavy (non-hydrogen) atoms. The van der Waals surface area contributed by atoms with Gasteiger partial charge in [-0.25, -0.2) is 4.90 Å². The molecule has 1 aromatic carbocycles. The van der Waals surface area contributed by atoms with Crippen molar-refractivity contribution >= 4 is 35.3 Å². The van der Waals surface area contributed by atoms with E-state index < -0.39 is 11.8 Å². The highest BCUT2D eigenvalue weighted by atomic mass is 32.1. The summed E-state index contributed by atoms with van der Waals surface area (Å²) < 4.78 is 5.13. The molecule has 0 spiro atoms. The molecule has 0 bridgehead atoms. The maximum Gasteiger partial charge on any atom is 0.303 e. The lowest BCUT2D eigenvalue weighted by molar-refractivity contribution is -0.135. The number of imide groups is 1. The van der Waals surface area contributed by atoms with Crippen LogP contribution in [0.15, 0.2) is 30.0 Å². The van der Waals surface area contributed by atoms with Crippen LogP contribution in [-0.4, -0.2) is 21.9 Å². The molecule has 0 radical (unpaired) electrons. The van der Waals surface area contributed by atoms with Crippen molar-refractivity contribution in [1.29, 1.82) is 0 Å². The summed E-state index contributed by atoms with van der Waals surface area (Å²) in [5.74, 6) is -0.899. The molecule has 0 aromatic heterocycles. The van der Waals surface area contributed by atoms with Crippen LogP contribution in [0.5, 0.6) is 0 Å². The number of ether oxygens (including phenoxy) is 1. The van der Waals surface area contributed by atoms with Crippen molar-refractivity contribution in [3.8, 4) is 0 Å². The third-order valence-corrected chi connectivity index (χ3v) is 2.75. The van der Waals surface area contributed by atoms with Crippen molar-refractivity contribution in [2.24, 2.45) is 0 Å². The summed E-state index contributed by atoms with van der Waals surface area (Å²) in [5, 5.41) is -0.120. The normalized spacial score (nSPS) is 17.2. The molecular weight excluding hydrogens is 250 g/mol. The van der Waals surface area contributed by atoms with E-state index in [9.17, 15) is 9.59 Å². The van der Waals surface area contributed by atoms with Crippen molar-refractivity contribution in [2.45, 2.75) is 13.8 Å². The van der Waals surface area contributed by atoms with Gasteiger partial charge in [0.25, 0.3) is 5.17 Å². The Bertz CT molecular complexity index is 560. The molecule has 0 unspecified atom stereocenters. The predicted molar refractivity (Wildman–Crippen MR) is 70.4 cm³/mol. The van der Waals surface area contributed by atoms with Crippen LogP contribution in [0.1, 0.15) is 18.1 Å². The molecule has 0 atom stereocenters. The fourth-order valence-electron chi connectivity index (χ4n) is 1.55. The average molecular weight is 261 g/mol. The first-order valence-electron chi connectivity index (χ1n) is 5.34.